The van der Waals surface area contributed by atoms with Gasteiger partial charge in [-0.25, -0.2) is 4.79 Å². The molecule has 0 bridgehead atoms. The van der Waals surface area contributed by atoms with Crippen molar-refractivity contribution >= 4 is 5.97 Å². The van der Waals surface area contributed by atoms with Gasteiger partial charge in [0.15, 0.2) is 6.10 Å². The Balaban J connectivity index is 2.74. The molecule has 0 saturated heterocycles. The second kappa shape index (κ2) is 6.39. The lowest BCUT2D eigenvalue weighted by Gasteiger charge is -2.17. The standard InChI is InChI=1S/C12H13F3O3/c1-2-17-11(16)10(18-12(13,14)15)8-9-6-4-3-5-7-9/h3-7,10H,2,8H2,1H3. The van der Waals surface area contributed by atoms with Gasteiger partial charge in [-0.3, -0.25) is 4.74 Å². The molecule has 0 aliphatic heterocycles. The summed E-state index contributed by atoms with van der Waals surface area (Å²) in [5, 5.41) is 0. The summed E-state index contributed by atoms with van der Waals surface area (Å²) in [4.78, 5) is 11.4. The summed E-state index contributed by atoms with van der Waals surface area (Å²) in [5.41, 5.74) is 0.569. The van der Waals surface area contributed by atoms with Gasteiger partial charge in [0.25, 0.3) is 0 Å². The first-order valence-corrected chi connectivity index (χ1v) is 5.37. The van der Waals surface area contributed by atoms with Gasteiger partial charge in [0.05, 0.1) is 6.61 Å². The Morgan fingerprint density at radius 1 is 1.28 bits per heavy atom. The van der Waals surface area contributed by atoms with E-state index in [0.29, 0.717) is 5.56 Å². The van der Waals surface area contributed by atoms with Gasteiger partial charge in [0, 0.05) is 6.42 Å². The Morgan fingerprint density at radius 3 is 2.39 bits per heavy atom. The number of carbonyl (C=O) groups is 1. The molecule has 0 radical (unpaired) electrons. The lowest BCUT2D eigenvalue weighted by atomic mass is 10.1. The fourth-order valence-electron chi connectivity index (χ4n) is 1.40. The van der Waals surface area contributed by atoms with Gasteiger partial charge in [-0.15, -0.1) is 13.2 Å². The average Bonchev–Trinajstić information content (AvgIpc) is 2.28. The molecule has 0 heterocycles. The Hall–Kier alpha value is -1.56. The number of benzene rings is 1. The number of hydrogen-bond acceptors (Lipinski definition) is 3. The molecule has 0 saturated carbocycles. The van der Waals surface area contributed by atoms with Crippen molar-refractivity contribution in [3.05, 3.63) is 35.9 Å². The first-order chi connectivity index (χ1) is 8.42. The van der Waals surface area contributed by atoms with Crippen LogP contribution >= 0.6 is 0 Å². The van der Waals surface area contributed by atoms with Crippen molar-refractivity contribution in [3.63, 3.8) is 0 Å². The summed E-state index contributed by atoms with van der Waals surface area (Å²) < 4.78 is 44.9. The smallest absolute Gasteiger partial charge is 0.464 e. The molecule has 6 heteroatoms. The van der Waals surface area contributed by atoms with E-state index < -0.39 is 18.4 Å². The molecule has 100 valence electrons. The number of halogens is 3. The molecule has 0 spiro atoms. The molecule has 1 rings (SSSR count). The van der Waals surface area contributed by atoms with Crippen molar-refractivity contribution in [2.24, 2.45) is 0 Å². The molecule has 18 heavy (non-hydrogen) atoms. The first-order valence-electron chi connectivity index (χ1n) is 5.37. The molecule has 1 aromatic rings. The Kier molecular flexibility index (Phi) is 5.15. The monoisotopic (exact) mass is 262 g/mol. The zero-order chi connectivity index (χ0) is 13.6. The maximum absolute atomic E-state index is 12.2. The van der Waals surface area contributed by atoms with E-state index in [9.17, 15) is 18.0 Å². The maximum atomic E-state index is 12.2. The minimum absolute atomic E-state index is 0.00530. The molecule has 0 aliphatic carbocycles. The van der Waals surface area contributed by atoms with Crippen LogP contribution in [0.4, 0.5) is 13.2 Å². The molecule has 0 aromatic heterocycles. The van der Waals surface area contributed by atoms with Crippen molar-refractivity contribution in [2.75, 3.05) is 6.61 Å². The highest BCUT2D eigenvalue weighted by molar-refractivity contribution is 5.75. The van der Waals surface area contributed by atoms with Gasteiger partial charge in [-0.1, -0.05) is 30.3 Å². The summed E-state index contributed by atoms with van der Waals surface area (Å²) in [6.07, 6.45) is -6.72. The van der Waals surface area contributed by atoms with E-state index in [4.69, 9.17) is 0 Å². The van der Waals surface area contributed by atoms with Crippen LogP contribution in [-0.4, -0.2) is 25.0 Å². The van der Waals surface area contributed by atoms with Crippen LogP contribution < -0.4 is 0 Å². The fourth-order valence-corrected chi connectivity index (χ4v) is 1.40. The number of alkyl halides is 3. The third-order valence-electron chi connectivity index (χ3n) is 2.09. The Bertz CT molecular complexity index is 376. The summed E-state index contributed by atoms with van der Waals surface area (Å²) in [7, 11) is 0. The normalized spacial score (nSPS) is 13.1. The zero-order valence-electron chi connectivity index (χ0n) is 9.74. The van der Waals surface area contributed by atoms with E-state index in [1.54, 1.807) is 30.3 Å². The quantitative estimate of drug-likeness (QED) is 0.765. The van der Waals surface area contributed by atoms with Crippen molar-refractivity contribution in [1.82, 2.24) is 0 Å². The van der Waals surface area contributed by atoms with Crippen LogP contribution in [0.15, 0.2) is 30.3 Å². The molecule has 0 aliphatic rings. The van der Waals surface area contributed by atoms with E-state index in [-0.39, 0.29) is 13.0 Å². The van der Waals surface area contributed by atoms with Crippen LogP contribution in [0.25, 0.3) is 0 Å². The number of rotatable bonds is 5. The minimum atomic E-state index is -4.87. The number of esters is 1. The predicted octanol–water partition coefficient (Wildman–Crippen LogP) is 2.70. The average molecular weight is 262 g/mol. The van der Waals surface area contributed by atoms with Gasteiger partial charge < -0.3 is 4.74 Å². The van der Waals surface area contributed by atoms with Gasteiger partial charge in [0.1, 0.15) is 0 Å². The highest BCUT2D eigenvalue weighted by Gasteiger charge is 2.37. The van der Waals surface area contributed by atoms with Crippen LogP contribution in [-0.2, 0) is 20.7 Å². The Morgan fingerprint density at radius 2 is 1.89 bits per heavy atom. The summed E-state index contributed by atoms with van der Waals surface area (Å²) in [6.45, 7) is 1.52. The lowest BCUT2D eigenvalue weighted by molar-refractivity contribution is -0.339. The van der Waals surface area contributed by atoms with Crippen molar-refractivity contribution in [2.45, 2.75) is 25.8 Å². The van der Waals surface area contributed by atoms with E-state index >= 15 is 0 Å². The van der Waals surface area contributed by atoms with Crippen molar-refractivity contribution < 1.29 is 27.4 Å². The van der Waals surface area contributed by atoms with Crippen molar-refractivity contribution in [1.29, 1.82) is 0 Å². The van der Waals surface area contributed by atoms with Gasteiger partial charge in [-0.2, -0.15) is 0 Å². The topological polar surface area (TPSA) is 35.5 Å². The molecule has 3 nitrogen and oxygen atoms in total. The van der Waals surface area contributed by atoms with Crippen LogP contribution in [0.3, 0.4) is 0 Å². The van der Waals surface area contributed by atoms with Crippen LogP contribution in [0, 0.1) is 0 Å². The second-order valence-electron chi connectivity index (χ2n) is 3.49. The van der Waals surface area contributed by atoms with Crippen LogP contribution in [0.5, 0.6) is 0 Å². The summed E-state index contributed by atoms with van der Waals surface area (Å²) in [5.74, 6) is -1.02. The number of hydrogen-bond donors (Lipinski definition) is 0. The summed E-state index contributed by atoms with van der Waals surface area (Å²) in [6, 6.07) is 8.31. The largest absolute Gasteiger partial charge is 0.523 e. The van der Waals surface area contributed by atoms with Crippen LogP contribution in [0.1, 0.15) is 12.5 Å². The molecule has 0 amide bonds. The molecule has 1 atom stereocenters. The minimum Gasteiger partial charge on any atom is -0.464 e. The number of carbonyl (C=O) groups excluding carboxylic acids is 1. The molecular weight excluding hydrogens is 249 g/mol. The van der Waals surface area contributed by atoms with Crippen molar-refractivity contribution in [3.8, 4) is 0 Å². The van der Waals surface area contributed by atoms with Gasteiger partial charge in [0.2, 0.25) is 0 Å². The zero-order valence-corrected chi connectivity index (χ0v) is 9.74. The Labute approximate surface area is 103 Å². The van der Waals surface area contributed by atoms with Gasteiger partial charge >= 0.3 is 12.3 Å². The lowest BCUT2D eigenvalue weighted by Crippen LogP contribution is -2.34. The first kappa shape index (κ1) is 14.5. The molecule has 0 fully saturated rings. The predicted molar refractivity (Wildman–Crippen MR) is 57.7 cm³/mol. The van der Waals surface area contributed by atoms with Crippen LogP contribution in [0.2, 0.25) is 0 Å². The second-order valence-corrected chi connectivity index (χ2v) is 3.49. The highest BCUT2D eigenvalue weighted by Crippen LogP contribution is 2.21. The third-order valence-corrected chi connectivity index (χ3v) is 2.09. The fraction of sp³-hybridized carbons (Fsp3) is 0.417. The van der Waals surface area contributed by atoms with Gasteiger partial charge in [-0.05, 0) is 12.5 Å². The highest BCUT2D eigenvalue weighted by atomic mass is 19.4. The number of ether oxygens (including phenoxy) is 2. The van der Waals surface area contributed by atoms with E-state index in [0.717, 1.165) is 0 Å². The van der Waals surface area contributed by atoms with E-state index in [1.807, 2.05) is 0 Å². The van der Waals surface area contributed by atoms with E-state index in [1.165, 1.54) is 6.92 Å². The third kappa shape index (κ3) is 5.18. The molecule has 1 aromatic carbocycles. The summed E-state index contributed by atoms with van der Waals surface area (Å²) >= 11 is 0. The SMILES string of the molecule is CCOC(=O)C(Cc1ccccc1)OC(F)(F)F. The van der Waals surface area contributed by atoms with E-state index in [2.05, 4.69) is 9.47 Å². The molecular formula is C12H13F3O3. The maximum Gasteiger partial charge on any atom is 0.523 e. The molecule has 1 unspecified atom stereocenters. The molecule has 0 N–H and O–H groups in total.